The third kappa shape index (κ3) is 3.60. The number of nitrogens with one attached hydrogen (secondary N) is 1. The monoisotopic (exact) mass is 317 g/mol. The van der Waals surface area contributed by atoms with Gasteiger partial charge in [-0.05, 0) is 30.3 Å². The second-order valence-electron chi connectivity index (χ2n) is 3.93. The van der Waals surface area contributed by atoms with Crippen molar-refractivity contribution in [1.29, 1.82) is 0 Å². The number of anilines is 2. The van der Waals surface area contributed by atoms with E-state index in [0.717, 1.165) is 12.1 Å². The van der Waals surface area contributed by atoms with Gasteiger partial charge in [-0.25, -0.2) is 4.79 Å². The lowest BCUT2D eigenvalue weighted by atomic mass is 10.2. The third-order valence-electron chi connectivity index (χ3n) is 2.43. The van der Waals surface area contributed by atoms with Gasteiger partial charge in [-0.15, -0.1) is 10.2 Å². The normalized spacial score (nSPS) is 11.2. The van der Waals surface area contributed by atoms with Gasteiger partial charge >= 0.3 is 12.1 Å². The standard InChI is InChI=1S/C12H7ClF3N3O2/c13-7-5-6(11(20)21)1-2-8(7)17-10-4-3-9(18-19-10)12(14,15)16/h1-5H,(H,17,19)(H,20,21). The molecule has 0 bridgehead atoms. The Labute approximate surface area is 121 Å². The van der Waals surface area contributed by atoms with Crippen LogP contribution in [0.3, 0.4) is 0 Å². The molecule has 1 heterocycles. The van der Waals surface area contributed by atoms with Gasteiger partial charge in [-0.2, -0.15) is 13.2 Å². The molecule has 5 nitrogen and oxygen atoms in total. The number of benzene rings is 1. The number of carboxylic acid groups (broad SMARTS) is 1. The first-order chi connectivity index (χ1) is 9.77. The van der Waals surface area contributed by atoms with Crippen molar-refractivity contribution in [2.75, 3.05) is 5.32 Å². The maximum absolute atomic E-state index is 12.3. The lowest BCUT2D eigenvalue weighted by Crippen LogP contribution is -2.09. The largest absolute Gasteiger partial charge is 0.478 e. The van der Waals surface area contributed by atoms with Crippen LogP contribution in [-0.4, -0.2) is 21.3 Å². The van der Waals surface area contributed by atoms with Crippen molar-refractivity contribution in [3.63, 3.8) is 0 Å². The molecule has 0 unspecified atom stereocenters. The molecule has 0 saturated heterocycles. The molecule has 1 aromatic carbocycles. The topological polar surface area (TPSA) is 75.1 Å². The minimum absolute atomic E-state index is 0.0101. The van der Waals surface area contributed by atoms with Crippen molar-refractivity contribution >= 4 is 29.1 Å². The second kappa shape index (κ2) is 5.57. The average Bonchev–Trinajstić information content (AvgIpc) is 2.40. The van der Waals surface area contributed by atoms with Crippen LogP contribution in [0.4, 0.5) is 24.7 Å². The maximum Gasteiger partial charge on any atom is 0.435 e. The molecule has 0 aliphatic carbocycles. The van der Waals surface area contributed by atoms with Gasteiger partial charge in [0.15, 0.2) is 11.5 Å². The first kappa shape index (κ1) is 15.0. The highest BCUT2D eigenvalue weighted by molar-refractivity contribution is 6.33. The summed E-state index contributed by atoms with van der Waals surface area (Å²) >= 11 is 5.87. The zero-order valence-electron chi connectivity index (χ0n) is 10.1. The van der Waals surface area contributed by atoms with E-state index in [9.17, 15) is 18.0 Å². The summed E-state index contributed by atoms with van der Waals surface area (Å²) < 4.78 is 37.0. The van der Waals surface area contributed by atoms with Gasteiger partial charge in [0.05, 0.1) is 16.3 Å². The zero-order valence-corrected chi connectivity index (χ0v) is 10.9. The summed E-state index contributed by atoms with van der Waals surface area (Å²) in [7, 11) is 0. The van der Waals surface area contributed by atoms with E-state index >= 15 is 0 Å². The van der Waals surface area contributed by atoms with E-state index in [1.165, 1.54) is 18.2 Å². The van der Waals surface area contributed by atoms with Gasteiger partial charge in [0.1, 0.15) is 0 Å². The van der Waals surface area contributed by atoms with Crippen LogP contribution in [0.5, 0.6) is 0 Å². The third-order valence-corrected chi connectivity index (χ3v) is 2.75. The first-order valence-corrected chi connectivity index (χ1v) is 5.86. The van der Waals surface area contributed by atoms with Crippen molar-refractivity contribution in [3.05, 3.63) is 46.6 Å². The van der Waals surface area contributed by atoms with Crippen molar-refractivity contribution < 1.29 is 23.1 Å². The predicted molar refractivity (Wildman–Crippen MR) is 68.7 cm³/mol. The number of alkyl halides is 3. The predicted octanol–water partition coefficient (Wildman–Crippen LogP) is 3.59. The number of hydrogen-bond donors (Lipinski definition) is 2. The molecule has 21 heavy (non-hydrogen) atoms. The number of aromatic nitrogens is 2. The molecule has 2 N–H and O–H groups in total. The molecule has 0 fully saturated rings. The Morgan fingerprint density at radius 1 is 1.19 bits per heavy atom. The highest BCUT2D eigenvalue weighted by Crippen LogP contribution is 2.29. The quantitative estimate of drug-likeness (QED) is 0.904. The molecule has 9 heteroatoms. The van der Waals surface area contributed by atoms with Gasteiger partial charge in [0.25, 0.3) is 0 Å². The number of halogens is 4. The van der Waals surface area contributed by atoms with E-state index in [0.29, 0.717) is 5.69 Å². The Morgan fingerprint density at radius 3 is 2.38 bits per heavy atom. The van der Waals surface area contributed by atoms with E-state index in [-0.39, 0.29) is 16.4 Å². The number of carbonyl (C=O) groups is 1. The summed E-state index contributed by atoms with van der Waals surface area (Å²) in [6, 6.07) is 5.76. The van der Waals surface area contributed by atoms with Crippen LogP contribution in [0.25, 0.3) is 0 Å². The summed E-state index contributed by atoms with van der Waals surface area (Å²) in [5, 5.41) is 18.0. The summed E-state index contributed by atoms with van der Waals surface area (Å²) in [6.07, 6.45) is -4.56. The molecule has 0 radical (unpaired) electrons. The minimum atomic E-state index is -4.56. The lowest BCUT2D eigenvalue weighted by Gasteiger charge is -2.09. The highest BCUT2D eigenvalue weighted by Gasteiger charge is 2.32. The van der Waals surface area contributed by atoms with E-state index < -0.39 is 17.8 Å². The van der Waals surface area contributed by atoms with Crippen LogP contribution in [0, 0.1) is 0 Å². The van der Waals surface area contributed by atoms with Crippen molar-refractivity contribution in [2.45, 2.75) is 6.18 Å². The molecule has 2 aromatic rings. The molecule has 0 aliphatic heterocycles. The molecule has 1 aromatic heterocycles. The first-order valence-electron chi connectivity index (χ1n) is 5.48. The van der Waals surface area contributed by atoms with Crippen LogP contribution >= 0.6 is 11.6 Å². The van der Waals surface area contributed by atoms with Gasteiger partial charge < -0.3 is 10.4 Å². The molecular formula is C12H7ClF3N3O2. The number of rotatable bonds is 3. The summed E-state index contributed by atoms with van der Waals surface area (Å²) in [4.78, 5) is 10.7. The smallest absolute Gasteiger partial charge is 0.435 e. The van der Waals surface area contributed by atoms with Crippen LogP contribution < -0.4 is 5.32 Å². The van der Waals surface area contributed by atoms with E-state index in [4.69, 9.17) is 16.7 Å². The molecule has 0 atom stereocenters. The van der Waals surface area contributed by atoms with Crippen LogP contribution in [0.2, 0.25) is 5.02 Å². The fourth-order valence-corrected chi connectivity index (χ4v) is 1.67. The molecule has 0 spiro atoms. The summed E-state index contributed by atoms with van der Waals surface area (Å²) in [5.74, 6) is -1.09. The van der Waals surface area contributed by atoms with E-state index in [1.807, 2.05) is 0 Å². The Morgan fingerprint density at radius 2 is 1.90 bits per heavy atom. The average molecular weight is 318 g/mol. The number of aromatic carboxylic acids is 1. The summed E-state index contributed by atoms with van der Waals surface area (Å²) in [6.45, 7) is 0. The molecule has 2 rings (SSSR count). The number of nitrogens with zero attached hydrogens (tertiary/aromatic N) is 2. The molecule has 0 saturated carbocycles. The highest BCUT2D eigenvalue weighted by atomic mass is 35.5. The Bertz CT molecular complexity index is 674. The van der Waals surface area contributed by atoms with E-state index in [2.05, 4.69) is 15.5 Å². The van der Waals surface area contributed by atoms with Gasteiger partial charge in [0.2, 0.25) is 0 Å². The fraction of sp³-hybridized carbons (Fsp3) is 0.0833. The second-order valence-corrected chi connectivity index (χ2v) is 4.33. The van der Waals surface area contributed by atoms with Gasteiger partial charge in [0, 0.05) is 0 Å². The fourth-order valence-electron chi connectivity index (χ4n) is 1.44. The van der Waals surface area contributed by atoms with Crippen molar-refractivity contribution in [3.8, 4) is 0 Å². The molecule has 0 aliphatic rings. The SMILES string of the molecule is O=C(O)c1ccc(Nc2ccc(C(F)(F)F)nn2)c(Cl)c1. The molecular weight excluding hydrogens is 311 g/mol. The van der Waals surface area contributed by atoms with Crippen molar-refractivity contribution in [1.82, 2.24) is 10.2 Å². The minimum Gasteiger partial charge on any atom is -0.478 e. The van der Waals surface area contributed by atoms with Crippen LogP contribution in [-0.2, 0) is 6.18 Å². The molecule has 0 amide bonds. The number of hydrogen-bond acceptors (Lipinski definition) is 4. The lowest BCUT2D eigenvalue weighted by molar-refractivity contribution is -0.141. The number of carboxylic acids is 1. The zero-order chi connectivity index (χ0) is 15.6. The van der Waals surface area contributed by atoms with Crippen LogP contribution in [0.1, 0.15) is 16.1 Å². The van der Waals surface area contributed by atoms with Gasteiger partial charge in [-0.1, -0.05) is 11.6 Å². The van der Waals surface area contributed by atoms with Gasteiger partial charge in [-0.3, -0.25) is 0 Å². The summed E-state index contributed by atoms with van der Waals surface area (Å²) in [5.41, 5.74) is -0.819. The van der Waals surface area contributed by atoms with Crippen LogP contribution in [0.15, 0.2) is 30.3 Å². The Hall–Kier alpha value is -2.35. The van der Waals surface area contributed by atoms with E-state index in [1.54, 1.807) is 0 Å². The molecule has 110 valence electrons. The van der Waals surface area contributed by atoms with Crippen molar-refractivity contribution in [2.24, 2.45) is 0 Å². The Kier molecular flexibility index (Phi) is 3.99. The Balaban J connectivity index is 2.20. The maximum atomic E-state index is 12.3.